The monoisotopic (exact) mass is 406 g/mol. The molecular formula is C21H22N6O3. The second-order valence-electron chi connectivity index (χ2n) is 7.23. The van der Waals surface area contributed by atoms with Crippen molar-refractivity contribution in [3.05, 3.63) is 64.2 Å². The molecule has 9 heteroatoms. The minimum Gasteiger partial charge on any atom is -0.312 e. The summed E-state index contributed by atoms with van der Waals surface area (Å²) in [5.41, 5.74) is 1.77. The fraction of sp³-hybridized carbons (Fsp3) is 0.286. The third-order valence-electron chi connectivity index (χ3n) is 4.99. The first-order valence-electron chi connectivity index (χ1n) is 9.78. The van der Waals surface area contributed by atoms with Crippen LogP contribution in [0.2, 0.25) is 0 Å². The van der Waals surface area contributed by atoms with Crippen LogP contribution in [0.3, 0.4) is 0 Å². The Morgan fingerprint density at radius 1 is 1.23 bits per heavy atom. The summed E-state index contributed by atoms with van der Waals surface area (Å²) < 4.78 is 1.40. The minimum atomic E-state index is -0.490. The van der Waals surface area contributed by atoms with E-state index >= 15 is 0 Å². The highest BCUT2D eigenvalue weighted by Gasteiger charge is 2.35. The lowest BCUT2D eigenvalue weighted by atomic mass is 10.1. The summed E-state index contributed by atoms with van der Waals surface area (Å²) in [6.07, 6.45) is 0.729. The van der Waals surface area contributed by atoms with Crippen molar-refractivity contribution in [3.63, 3.8) is 0 Å². The van der Waals surface area contributed by atoms with Crippen LogP contribution in [-0.2, 0) is 16.0 Å². The fourth-order valence-electron chi connectivity index (χ4n) is 3.49. The number of aromatic amines is 1. The van der Waals surface area contributed by atoms with Gasteiger partial charge < -0.3 is 10.2 Å². The average molecular weight is 406 g/mol. The number of hydrogen-bond donors (Lipinski definition) is 2. The van der Waals surface area contributed by atoms with Gasteiger partial charge in [0.2, 0.25) is 17.8 Å². The number of aryl methyl sites for hydroxylation is 2. The maximum Gasteiger partial charge on any atom is 0.252 e. The molecule has 154 valence electrons. The van der Waals surface area contributed by atoms with Crippen molar-refractivity contribution >= 4 is 23.3 Å². The van der Waals surface area contributed by atoms with Crippen molar-refractivity contribution in [1.82, 2.24) is 19.7 Å². The van der Waals surface area contributed by atoms with Gasteiger partial charge in [0.25, 0.3) is 5.56 Å². The summed E-state index contributed by atoms with van der Waals surface area (Å²) in [6.45, 7) is 3.99. The number of hydrogen-bond acceptors (Lipinski definition) is 5. The second kappa shape index (κ2) is 7.94. The summed E-state index contributed by atoms with van der Waals surface area (Å²) >= 11 is 0. The molecule has 2 amide bonds. The predicted molar refractivity (Wildman–Crippen MR) is 112 cm³/mol. The molecule has 3 aromatic rings. The lowest BCUT2D eigenvalue weighted by Crippen LogP contribution is -2.28. The highest BCUT2D eigenvalue weighted by molar-refractivity contribution is 6.03. The molecule has 1 atom stereocenters. The molecule has 2 N–H and O–H groups in total. The molecule has 0 aliphatic carbocycles. The first kappa shape index (κ1) is 19.6. The SMILES string of the molecule is CCc1cc(=O)[nH]c(-n2nc(C)cc2NC(=O)[C@H]2CC(=O)N(c3ccccc3)C2)n1. The van der Waals surface area contributed by atoms with Gasteiger partial charge in [0, 0.05) is 36.5 Å². The highest BCUT2D eigenvalue weighted by Crippen LogP contribution is 2.26. The molecule has 9 nitrogen and oxygen atoms in total. The quantitative estimate of drug-likeness (QED) is 0.671. The zero-order chi connectivity index (χ0) is 21.3. The third-order valence-corrected chi connectivity index (χ3v) is 4.99. The number of carbonyl (C=O) groups is 2. The normalized spacial score (nSPS) is 16.1. The van der Waals surface area contributed by atoms with Gasteiger partial charge in [-0.2, -0.15) is 9.78 Å². The van der Waals surface area contributed by atoms with Crippen LogP contribution >= 0.6 is 0 Å². The first-order valence-corrected chi connectivity index (χ1v) is 9.78. The van der Waals surface area contributed by atoms with Crippen LogP contribution in [0.4, 0.5) is 11.5 Å². The van der Waals surface area contributed by atoms with Gasteiger partial charge in [0.15, 0.2) is 0 Å². The molecule has 1 aliphatic rings. The zero-order valence-electron chi connectivity index (χ0n) is 16.8. The fourth-order valence-corrected chi connectivity index (χ4v) is 3.49. The van der Waals surface area contributed by atoms with Crippen molar-refractivity contribution in [1.29, 1.82) is 0 Å². The number of para-hydroxylation sites is 1. The molecule has 1 aromatic carbocycles. The van der Waals surface area contributed by atoms with Crippen LogP contribution in [0.1, 0.15) is 24.7 Å². The van der Waals surface area contributed by atoms with Gasteiger partial charge in [0.05, 0.1) is 11.6 Å². The van der Waals surface area contributed by atoms with E-state index in [0.717, 1.165) is 5.69 Å². The highest BCUT2D eigenvalue weighted by atomic mass is 16.2. The second-order valence-corrected chi connectivity index (χ2v) is 7.23. The average Bonchev–Trinajstić information content (AvgIpc) is 3.30. The topological polar surface area (TPSA) is 113 Å². The lowest BCUT2D eigenvalue weighted by molar-refractivity contribution is -0.122. The predicted octanol–water partition coefficient (Wildman–Crippen LogP) is 1.82. The number of amides is 2. The van der Waals surface area contributed by atoms with Gasteiger partial charge in [-0.15, -0.1) is 0 Å². The molecule has 4 rings (SSSR count). The van der Waals surface area contributed by atoms with Crippen LogP contribution in [0.25, 0.3) is 5.95 Å². The van der Waals surface area contributed by atoms with E-state index in [-0.39, 0.29) is 29.7 Å². The summed E-state index contributed by atoms with van der Waals surface area (Å²) in [7, 11) is 0. The van der Waals surface area contributed by atoms with E-state index in [9.17, 15) is 14.4 Å². The Balaban J connectivity index is 1.56. The van der Waals surface area contributed by atoms with E-state index in [1.165, 1.54) is 10.7 Å². The summed E-state index contributed by atoms with van der Waals surface area (Å²) in [6, 6.07) is 12.4. The van der Waals surface area contributed by atoms with E-state index in [2.05, 4.69) is 20.4 Å². The summed E-state index contributed by atoms with van der Waals surface area (Å²) in [5.74, 6) is -0.240. The molecule has 0 radical (unpaired) electrons. The molecule has 1 saturated heterocycles. The number of benzene rings is 1. The van der Waals surface area contributed by atoms with Crippen molar-refractivity contribution < 1.29 is 9.59 Å². The Morgan fingerprint density at radius 3 is 2.73 bits per heavy atom. The van der Waals surface area contributed by atoms with Gasteiger partial charge in [-0.25, -0.2) is 4.98 Å². The minimum absolute atomic E-state index is 0.0901. The number of nitrogens with one attached hydrogen (secondary N) is 2. The largest absolute Gasteiger partial charge is 0.312 e. The Hall–Kier alpha value is -3.75. The standard InChI is InChI=1S/C21H22N6O3/c1-3-15-11-18(28)24-21(22-15)27-17(9-13(2)25-27)23-20(30)14-10-19(29)26(12-14)16-7-5-4-6-8-16/h4-9,11,14H,3,10,12H2,1-2H3,(H,23,30)(H,22,24,28)/t14-/m0/s1. The van der Waals surface area contributed by atoms with E-state index in [0.29, 0.717) is 30.2 Å². The third kappa shape index (κ3) is 3.86. The summed E-state index contributed by atoms with van der Waals surface area (Å²) in [4.78, 5) is 45.9. The molecular weight excluding hydrogens is 384 g/mol. The first-order chi connectivity index (χ1) is 14.4. The van der Waals surface area contributed by atoms with Crippen LogP contribution in [-0.4, -0.2) is 38.1 Å². The lowest BCUT2D eigenvalue weighted by Gasteiger charge is -2.16. The smallest absolute Gasteiger partial charge is 0.252 e. The number of aromatic nitrogens is 4. The Labute approximate surface area is 172 Å². The Kier molecular flexibility index (Phi) is 5.18. The molecule has 3 heterocycles. The van der Waals surface area contributed by atoms with Gasteiger partial charge >= 0.3 is 0 Å². The zero-order valence-corrected chi connectivity index (χ0v) is 16.8. The number of anilines is 2. The van der Waals surface area contributed by atoms with Crippen molar-refractivity contribution in [3.8, 4) is 5.95 Å². The Morgan fingerprint density at radius 2 is 2.00 bits per heavy atom. The van der Waals surface area contributed by atoms with Crippen LogP contribution in [0, 0.1) is 12.8 Å². The number of H-pyrrole nitrogens is 1. The van der Waals surface area contributed by atoms with Crippen LogP contribution in [0.5, 0.6) is 0 Å². The maximum absolute atomic E-state index is 12.9. The van der Waals surface area contributed by atoms with Crippen LogP contribution < -0.4 is 15.8 Å². The molecule has 1 fully saturated rings. The summed E-state index contributed by atoms with van der Waals surface area (Å²) in [5, 5.41) is 7.19. The number of rotatable bonds is 5. The van der Waals surface area contributed by atoms with Crippen molar-refractivity contribution in [2.24, 2.45) is 5.92 Å². The van der Waals surface area contributed by atoms with E-state index in [4.69, 9.17) is 0 Å². The van der Waals surface area contributed by atoms with Gasteiger partial charge in [-0.1, -0.05) is 25.1 Å². The maximum atomic E-state index is 12.9. The van der Waals surface area contributed by atoms with Gasteiger partial charge in [0.1, 0.15) is 5.82 Å². The Bertz CT molecular complexity index is 1150. The van der Waals surface area contributed by atoms with Gasteiger partial charge in [-0.05, 0) is 25.5 Å². The number of nitrogens with zero attached hydrogens (tertiary/aromatic N) is 4. The molecule has 0 bridgehead atoms. The molecule has 0 spiro atoms. The van der Waals surface area contributed by atoms with Gasteiger partial charge in [-0.3, -0.25) is 19.4 Å². The van der Waals surface area contributed by atoms with Crippen LogP contribution in [0.15, 0.2) is 47.3 Å². The number of carbonyl (C=O) groups excluding carboxylic acids is 2. The molecule has 0 saturated carbocycles. The van der Waals surface area contributed by atoms with E-state index < -0.39 is 5.92 Å². The molecule has 1 aliphatic heterocycles. The van der Waals surface area contributed by atoms with Crippen molar-refractivity contribution in [2.75, 3.05) is 16.8 Å². The molecule has 30 heavy (non-hydrogen) atoms. The molecule has 2 aromatic heterocycles. The molecule has 0 unspecified atom stereocenters. The van der Waals surface area contributed by atoms with Crippen molar-refractivity contribution in [2.45, 2.75) is 26.7 Å². The van der Waals surface area contributed by atoms with E-state index in [1.54, 1.807) is 17.9 Å². The van der Waals surface area contributed by atoms with E-state index in [1.807, 2.05) is 37.3 Å².